The van der Waals surface area contributed by atoms with E-state index in [1.54, 1.807) is 0 Å². The van der Waals surface area contributed by atoms with Crippen LogP contribution in [0.2, 0.25) is 0 Å². The quantitative estimate of drug-likeness (QED) is 0.783. The van der Waals surface area contributed by atoms with Crippen LogP contribution >= 0.6 is 0 Å². The SMILES string of the molecule is Cc1c[nH]c2cc(CNC3CC3)ccc12. The Balaban J connectivity index is 1.85. The maximum atomic E-state index is 3.53. The molecule has 0 spiro atoms. The molecule has 1 fully saturated rings. The van der Waals surface area contributed by atoms with Gasteiger partial charge in [0.25, 0.3) is 0 Å². The number of benzene rings is 1. The molecule has 0 bridgehead atoms. The third kappa shape index (κ3) is 1.77. The van der Waals surface area contributed by atoms with Crippen LogP contribution in [-0.4, -0.2) is 11.0 Å². The van der Waals surface area contributed by atoms with Gasteiger partial charge in [-0.05, 0) is 37.0 Å². The van der Waals surface area contributed by atoms with Gasteiger partial charge in [0.05, 0.1) is 0 Å². The molecule has 1 aromatic carbocycles. The number of aryl methyl sites for hydroxylation is 1. The molecule has 1 aliphatic carbocycles. The number of aromatic nitrogens is 1. The predicted molar refractivity (Wildman–Crippen MR) is 62.9 cm³/mol. The molecule has 78 valence electrons. The van der Waals surface area contributed by atoms with E-state index in [-0.39, 0.29) is 0 Å². The van der Waals surface area contributed by atoms with Gasteiger partial charge in [-0.15, -0.1) is 0 Å². The number of hydrogen-bond donors (Lipinski definition) is 2. The van der Waals surface area contributed by atoms with Gasteiger partial charge in [-0.2, -0.15) is 0 Å². The summed E-state index contributed by atoms with van der Waals surface area (Å²) in [5, 5.41) is 4.87. The van der Waals surface area contributed by atoms with Crippen molar-refractivity contribution in [3.63, 3.8) is 0 Å². The minimum atomic E-state index is 0.783. The molecule has 1 heterocycles. The lowest BCUT2D eigenvalue weighted by atomic mass is 10.1. The van der Waals surface area contributed by atoms with Crippen LogP contribution in [0, 0.1) is 6.92 Å². The van der Waals surface area contributed by atoms with Gasteiger partial charge in [-0.25, -0.2) is 0 Å². The fourth-order valence-corrected chi connectivity index (χ4v) is 1.98. The summed E-state index contributed by atoms with van der Waals surface area (Å²) in [6.07, 6.45) is 4.77. The van der Waals surface area contributed by atoms with Crippen molar-refractivity contribution in [3.05, 3.63) is 35.5 Å². The van der Waals surface area contributed by atoms with Crippen LogP contribution in [0.3, 0.4) is 0 Å². The number of H-pyrrole nitrogens is 1. The summed E-state index contributed by atoms with van der Waals surface area (Å²) in [5.41, 5.74) is 3.95. The molecule has 3 rings (SSSR count). The second-order valence-electron chi connectivity index (χ2n) is 4.51. The van der Waals surface area contributed by atoms with Crippen LogP contribution in [-0.2, 0) is 6.54 Å². The van der Waals surface area contributed by atoms with Gasteiger partial charge in [0, 0.05) is 29.7 Å². The van der Waals surface area contributed by atoms with Gasteiger partial charge in [0.2, 0.25) is 0 Å². The zero-order valence-electron chi connectivity index (χ0n) is 9.01. The van der Waals surface area contributed by atoms with Crippen molar-refractivity contribution in [3.8, 4) is 0 Å². The Morgan fingerprint density at radius 1 is 1.40 bits per heavy atom. The van der Waals surface area contributed by atoms with Gasteiger partial charge in [0.15, 0.2) is 0 Å². The van der Waals surface area contributed by atoms with Crippen molar-refractivity contribution in [2.45, 2.75) is 32.4 Å². The second kappa shape index (κ2) is 3.38. The van der Waals surface area contributed by atoms with Crippen molar-refractivity contribution >= 4 is 10.9 Å². The summed E-state index contributed by atoms with van der Waals surface area (Å²) in [6, 6.07) is 7.47. The number of aromatic amines is 1. The van der Waals surface area contributed by atoms with Crippen molar-refractivity contribution in [2.75, 3.05) is 0 Å². The van der Waals surface area contributed by atoms with Crippen molar-refractivity contribution in [1.82, 2.24) is 10.3 Å². The van der Waals surface area contributed by atoms with Crippen LogP contribution < -0.4 is 5.32 Å². The minimum absolute atomic E-state index is 0.783. The molecule has 0 aliphatic heterocycles. The first kappa shape index (κ1) is 8.98. The molecule has 2 N–H and O–H groups in total. The number of fused-ring (bicyclic) bond motifs is 1. The standard InChI is InChI=1S/C13H16N2/c1-9-7-15-13-6-10(2-5-12(9)13)8-14-11-3-4-11/h2,5-7,11,14-15H,3-4,8H2,1H3. The molecule has 0 unspecified atom stereocenters. The minimum Gasteiger partial charge on any atom is -0.361 e. The van der Waals surface area contributed by atoms with E-state index in [0.717, 1.165) is 12.6 Å². The summed E-state index contributed by atoms with van der Waals surface area (Å²) in [5.74, 6) is 0. The maximum Gasteiger partial charge on any atom is 0.0459 e. The smallest absolute Gasteiger partial charge is 0.0459 e. The molecule has 0 radical (unpaired) electrons. The Bertz CT molecular complexity index is 480. The van der Waals surface area contributed by atoms with E-state index in [1.165, 1.54) is 34.9 Å². The molecular formula is C13H16N2. The largest absolute Gasteiger partial charge is 0.361 e. The van der Waals surface area contributed by atoms with Crippen LogP contribution in [0.4, 0.5) is 0 Å². The van der Waals surface area contributed by atoms with Crippen LogP contribution in [0.25, 0.3) is 10.9 Å². The molecular weight excluding hydrogens is 184 g/mol. The Labute approximate surface area is 89.7 Å². The lowest BCUT2D eigenvalue weighted by Crippen LogP contribution is -2.15. The number of nitrogens with one attached hydrogen (secondary N) is 2. The van der Waals surface area contributed by atoms with Crippen LogP contribution in [0.1, 0.15) is 24.0 Å². The topological polar surface area (TPSA) is 27.8 Å². The highest BCUT2D eigenvalue weighted by molar-refractivity contribution is 5.83. The van der Waals surface area contributed by atoms with E-state index >= 15 is 0 Å². The predicted octanol–water partition coefficient (Wildman–Crippen LogP) is 2.73. The lowest BCUT2D eigenvalue weighted by molar-refractivity contribution is 0.688. The Kier molecular flexibility index (Phi) is 2.03. The highest BCUT2D eigenvalue weighted by atomic mass is 14.9. The van der Waals surface area contributed by atoms with Gasteiger partial charge in [-0.1, -0.05) is 12.1 Å². The Hall–Kier alpha value is -1.28. The first-order chi connectivity index (χ1) is 7.33. The molecule has 0 atom stereocenters. The van der Waals surface area contributed by atoms with Gasteiger partial charge in [-0.3, -0.25) is 0 Å². The van der Waals surface area contributed by atoms with E-state index in [1.807, 2.05) is 0 Å². The molecule has 0 saturated heterocycles. The third-order valence-corrected chi connectivity index (χ3v) is 3.13. The first-order valence-corrected chi connectivity index (χ1v) is 5.63. The normalized spacial score (nSPS) is 16.1. The van der Waals surface area contributed by atoms with Crippen molar-refractivity contribution in [1.29, 1.82) is 0 Å². The van der Waals surface area contributed by atoms with Gasteiger partial charge >= 0.3 is 0 Å². The highest BCUT2D eigenvalue weighted by Crippen LogP contribution is 2.21. The van der Waals surface area contributed by atoms with E-state index in [4.69, 9.17) is 0 Å². The van der Waals surface area contributed by atoms with Gasteiger partial charge in [0.1, 0.15) is 0 Å². The molecule has 2 aromatic rings. The maximum absolute atomic E-state index is 3.53. The molecule has 1 aromatic heterocycles. The summed E-state index contributed by atoms with van der Waals surface area (Å²) in [7, 11) is 0. The highest BCUT2D eigenvalue weighted by Gasteiger charge is 2.19. The van der Waals surface area contributed by atoms with Crippen LogP contribution in [0.5, 0.6) is 0 Å². The van der Waals surface area contributed by atoms with E-state index in [9.17, 15) is 0 Å². The summed E-state index contributed by atoms with van der Waals surface area (Å²) in [4.78, 5) is 3.30. The molecule has 1 saturated carbocycles. The number of rotatable bonds is 3. The average molecular weight is 200 g/mol. The first-order valence-electron chi connectivity index (χ1n) is 5.63. The summed E-state index contributed by atoms with van der Waals surface area (Å²) < 4.78 is 0. The van der Waals surface area contributed by atoms with Crippen molar-refractivity contribution in [2.24, 2.45) is 0 Å². The third-order valence-electron chi connectivity index (χ3n) is 3.13. The Morgan fingerprint density at radius 2 is 2.27 bits per heavy atom. The molecule has 2 heteroatoms. The van der Waals surface area contributed by atoms with E-state index in [2.05, 4.69) is 41.6 Å². The van der Waals surface area contributed by atoms with Crippen LogP contribution in [0.15, 0.2) is 24.4 Å². The molecule has 2 nitrogen and oxygen atoms in total. The van der Waals surface area contributed by atoms with Gasteiger partial charge < -0.3 is 10.3 Å². The molecule has 15 heavy (non-hydrogen) atoms. The second-order valence-corrected chi connectivity index (χ2v) is 4.51. The van der Waals surface area contributed by atoms with Crippen molar-refractivity contribution < 1.29 is 0 Å². The fraction of sp³-hybridized carbons (Fsp3) is 0.385. The Morgan fingerprint density at radius 3 is 3.07 bits per heavy atom. The zero-order valence-corrected chi connectivity index (χ0v) is 9.01. The zero-order chi connectivity index (χ0) is 10.3. The monoisotopic (exact) mass is 200 g/mol. The fourth-order valence-electron chi connectivity index (χ4n) is 1.98. The number of hydrogen-bond acceptors (Lipinski definition) is 1. The molecule has 0 amide bonds. The lowest BCUT2D eigenvalue weighted by Gasteiger charge is -2.03. The van der Waals surface area contributed by atoms with E-state index in [0.29, 0.717) is 0 Å². The average Bonchev–Trinajstić information content (AvgIpc) is 3.01. The summed E-state index contributed by atoms with van der Waals surface area (Å²) >= 11 is 0. The molecule has 1 aliphatic rings. The summed E-state index contributed by atoms with van der Waals surface area (Å²) in [6.45, 7) is 3.14. The van der Waals surface area contributed by atoms with E-state index < -0.39 is 0 Å².